The average Bonchev–Trinajstić information content (AvgIpc) is 3.32. The SMILES string of the molecule is COc1cccc([C@@H]2[C@@H]3C(=O)N(c4ccc(C)c(C)c4)C(=O)[C@@H]3ON2c2ccccc2)c1. The number of methoxy groups -OCH3 is 1. The lowest BCUT2D eigenvalue weighted by Crippen LogP contribution is -2.37. The Morgan fingerprint density at radius 1 is 0.812 bits per heavy atom. The predicted molar refractivity (Wildman–Crippen MR) is 121 cm³/mol. The number of benzene rings is 3. The Balaban J connectivity index is 1.59. The molecule has 6 heteroatoms. The maximum Gasteiger partial charge on any atom is 0.266 e. The van der Waals surface area contributed by atoms with Gasteiger partial charge in [0.2, 0.25) is 5.91 Å². The quantitative estimate of drug-likeness (QED) is 0.578. The summed E-state index contributed by atoms with van der Waals surface area (Å²) in [6, 6.07) is 22.2. The maximum atomic E-state index is 13.7. The summed E-state index contributed by atoms with van der Waals surface area (Å²) < 4.78 is 5.41. The van der Waals surface area contributed by atoms with Crippen molar-refractivity contribution in [1.29, 1.82) is 0 Å². The first-order valence-corrected chi connectivity index (χ1v) is 10.6. The van der Waals surface area contributed by atoms with Crippen LogP contribution < -0.4 is 14.7 Å². The molecule has 2 aliphatic heterocycles. The van der Waals surface area contributed by atoms with Crippen LogP contribution in [0.1, 0.15) is 22.7 Å². The molecule has 0 bridgehead atoms. The number of nitrogens with zero attached hydrogens (tertiary/aromatic N) is 2. The van der Waals surface area contributed by atoms with E-state index in [9.17, 15) is 9.59 Å². The largest absolute Gasteiger partial charge is 0.497 e. The summed E-state index contributed by atoms with van der Waals surface area (Å²) in [4.78, 5) is 34.5. The van der Waals surface area contributed by atoms with Crippen molar-refractivity contribution in [1.82, 2.24) is 0 Å². The molecule has 0 spiro atoms. The molecule has 0 unspecified atom stereocenters. The van der Waals surface area contributed by atoms with Gasteiger partial charge in [-0.1, -0.05) is 36.4 Å². The topological polar surface area (TPSA) is 59.1 Å². The number of rotatable bonds is 4. The zero-order valence-corrected chi connectivity index (χ0v) is 18.2. The highest BCUT2D eigenvalue weighted by atomic mass is 16.7. The molecule has 2 amide bonds. The lowest BCUT2D eigenvalue weighted by atomic mass is 9.90. The van der Waals surface area contributed by atoms with Gasteiger partial charge < -0.3 is 4.74 Å². The van der Waals surface area contributed by atoms with E-state index in [1.807, 2.05) is 86.6 Å². The first kappa shape index (κ1) is 20.3. The van der Waals surface area contributed by atoms with Gasteiger partial charge in [0.1, 0.15) is 11.7 Å². The first-order valence-electron chi connectivity index (χ1n) is 10.6. The third-order valence-corrected chi connectivity index (χ3v) is 6.31. The average molecular weight is 428 g/mol. The molecule has 0 aromatic heterocycles. The van der Waals surface area contributed by atoms with Crippen LogP contribution in [-0.2, 0) is 14.4 Å². The van der Waals surface area contributed by atoms with Crippen LogP contribution in [0.5, 0.6) is 5.75 Å². The number of aryl methyl sites for hydroxylation is 2. The monoisotopic (exact) mass is 428 g/mol. The fraction of sp³-hybridized carbons (Fsp3) is 0.231. The van der Waals surface area contributed by atoms with Crippen LogP contribution in [-0.4, -0.2) is 25.0 Å². The first-order chi connectivity index (χ1) is 15.5. The summed E-state index contributed by atoms with van der Waals surface area (Å²) in [5.74, 6) is -0.581. The highest BCUT2D eigenvalue weighted by Gasteiger charge is 2.60. The predicted octanol–water partition coefficient (Wildman–Crippen LogP) is 4.36. The van der Waals surface area contributed by atoms with Crippen LogP contribution in [0.15, 0.2) is 72.8 Å². The number of ether oxygens (including phenoxy) is 1. The Hall–Kier alpha value is -3.64. The molecule has 2 aliphatic rings. The van der Waals surface area contributed by atoms with E-state index in [1.54, 1.807) is 12.2 Å². The number of carbonyl (C=O) groups excluding carboxylic acids is 2. The van der Waals surface area contributed by atoms with Crippen molar-refractivity contribution in [3.05, 3.63) is 89.5 Å². The van der Waals surface area contributed by atoms with Gasteiger partial charge in [-0.05, 0) is 66.9 Å². The van der Waals surface area contributed by atoms with Crippen LogP contribution in [0, 0.1) is 19.8 Å². The van der Waals surface area contributed by atoms with Crippen molar-refractivity contribution in [3.63, 3.8) is 0 Å². The number of hydrogen-bond donors (Lipinski definition) is 0. The minimum absolute atomic E-state index is 0.255. The lowest BCUT2D eigenvalue weighted by molar-refractivity contribution is -0.126. The second kappa shape index (κ2) is 7.80. The molecule has 32 heavy (non-hydrogen) atoms. The summed E-state index contributed by atoms with van der Waals surface area (Å²) in [6.07, 6.45) is -0.888. The molecule has 5 rings (SSSR count). The van der Waals surface area contributed by atoms with Crippen molar-refractivity contribution in [2.75, 3.05) is 17.1 Å². The third kappa shape index (κ3) is 3.15. The summed E-state index contributed by atoms with van der Waals surface area (Å²) in [6.45, 7) is 3.97. The van der Waals surface area contributed by atoms with Crippen molar-refractivity contribution < 1.29 is 19.2 Å². The van der Waals surface area contributed by atoms with E-state index in [2.05, 4.69) is 0 Å². The zero-order valence-electron chi connectivity index (χ0n) is 18.2. The summed E-state index contributed by atoms with van der Waals surface area (Å²) in [5.41, 5.74) is 4.35. The maximum absolute atomic E-state index is 13.7. The number of hydroxylamine groups is 1. The Bertz CT molecular complexity index is 1190. The van der Waals surface area contributed by atoms with E-state index in [0.717, 1.165) is 22.4 Å². The van der Waals surface area contributed by atoms with Crippen LogP contribution >= 0.6 is 0 Å². The number of fused-ring (bicyclic) bond motifs is 1. The minimum Gasteiger partial charge on any atom is -0.497 e. The number of amides is 2. The second-order valence-electron chi connectivity index (χ2n) is 8.22. The molecule has 0 N–H and O–H groups in total. The standard InChI is InChI=1S/C26H24N2O4/c1-16-12-13-20(14-17(16)2)27-25(29)22-23(18-8-7-11-21(15-18)31-3)28(32-24(22)26(27)30)19-9-5-4-6-10-19/h4-15,22-24H,1-3H3/t22-,23+,24+/m0/s1. The van der Waals surface area contributed by atoms with Gasteiger partial charge >= 0.3 is 0 Å². The van der Waals surface area contributed by atoms with Gasteiger partial charge in [0.05, 0.1) is 24.5 Å². The number of hydrogen-bond acceptors (Lipinski definition) is 5. The second-order valence-corrected chi connectivity index (χ2v) is 8.22. The lowest BCUT2D eigenvalue weighted by Gasteiger charge is -2.29. The van der Waals surface area contributed by atoms with Crippen molar-refractivity contribution in [3.8, 4) is 5.75 Å². The van der Waals surface area contributed by atoms with Gasteiger partial charge in [0, 0.05) is 0 Å². The molecule has 162 valence electrons. The van der Waals surface area contributed by atoms with Crippen LogP contribution in [0.2, 0.25) is 0 Å². The van der Waals surface area contributed by atoms with Gasteiger partial charge in [-0.15, -0.1) is 0 Å². The molecule has 2 heterocycles. The fourth-order valence-electron chi connectivity index (χ4n) is 4.50. The number of imide groups is 1. The van der Waals surface area contributed by atoms with Gasteiger partial charge in [-0.2, -0.15) is 0 Å². The van der Waals surface area contributed by atoms with Gasteiger partial charge in [-0.3, -0.25) is 14.4 Å². The molecular formula is C26H24N2O4. The highest BCUT2D eigenvalue weighted by Crippen LogP contribution is 2.48. The fourth-order valence-corrected chi connectivity index (χ4v) is 4.50. The smallest absolute Gasteiger partial charge is 0.266 e. The van der Waals surface area contributed by atoms with E-state index in [0.29, 0.717) is 11.4 Å². The Morgan fingerprint density at radius 2 is 1.59 bits per heavy atom. The molecule has 2 saturated heterocycles. The normalized spacial score (nSPS) is 22.4. The molecule has 6 nitrogen and oxygen atoms in total. The Kier molecular flexibility index (Phi) is 4.94. The number of anilines is 2. The molecule has 0 aliphatic carbocycles. The Labute approximate surface area is 186 Å². The molecule has 3 aromatic rings. The molecule has 0 saturated carbocycles. The van der Waals surface area contributed by atoms with Crippen LogP contribution in [0.25, 0.3) is 0 Å². The molecule has 2 fully saturated rings. The van der Waals surface area contributed by atoms with E-state index in [-0.39, 0.29) is 11.8 Å². The van der Waals surface area contributed by atoms with Gasteiger partial charge in [0.15, 0.2) is 6.10 Å². The summed E-state index contributed by atoms with van der Waals surface area (Å²) in [7, 11) is 1.60. The molecule has 3 atom stereocenters. The zero-order chi connectivity index (χ0) is 22.4. The number of para-hydroxylation sites is 1. The number of carbonyl (C=O) groups is 2. The van der Waals surface area contributed by atoms with E-state index in [1.165, 1.54) is 4.90 Å². The van der Waals surface area contributed by atoms with Crippen molar-refractivity contribution >= 4 is 23.2 Å². The van der Waals surface area contributed by atoms with Crippen LogP contribution in [0.3, 0.4) is 0 Å². The van der Waals surface area contributed by atoms with Crippen LogP contribution in [0.4, 0.5) is 11.4 Å². The molecular weight excluding hydrogens is 404 g/mol. The van der Waals surface area contributed by atoms with E-state index >= 15 is 0 Å². The molecule has 3 aromatic carbocycles. The Morgan fingerprint density at radius 3 is 2.31 bits per heavy atom. The summed E-state index contributed by atoms with van der Waals surface area (Å²) >= 11 is 0. The molecule has 0 radical (unpaired) electrons. The highest BCUT2D eigenvalue weighted by molar-refractivity contribution is 6.24. The van der Waals surface area contributed by atoms with Crippen molar-refractivity contribution in [2.45, 2.75) is 26.0 Å². The van der Waals surface area contributed by atoms with Crippen molar-refractivity contribution in [2.24, 2.45) is 5.92 Å². The van der Waals surface area contributed by atoms with Gasteiger partial charge in [-0.25, -0.2) is 9.96 Å². The van der Waals surface area contributed by atoms with E-state index < -0.39 is 18.1 Å². The minimum atomic E-state index is -0.888. The third-order valence-electron chi connectivity index (χ3n) is 6.31. The van der Waals surface area contributed by atoms with E-state index in [4.69, 9.17) is 9.57 Å². The summed E-state index contributed by atoms with van der Waals surface area (Å²) in [5, 5.41) is 1.69. The van der Waals surface area contributed by atoms with Gasteiger partial charge in [0.25, 0.3) is 5.91 Å².